The molecule has 0 aliphatic rings. The zero-order valence-electron chi connectivity index (χ0n) is 35.4. The number of carboxylic acids is 1. The van der Waals surface area contributed by atoms with Crippen LogP contribution >= 0.6 is 7.82 Å². The van der Waals surface area contributed by atoms with Crippen LogP contribution in [-0.4, -0.2) is 71.1 Å². The van der Waals surface area contributed by atoms with Crippen molar-refractivity contribution in [2.75, 3.05) is 19.8 Å². The van der Waals surface area contributed by atoms with Gasteiger partial charge in [-0.1, -0.05) is 142 Å². The predicted octanol–water partition coefficient (Wildman–Crippen LogP) is 10.0. The van der Waals surface area contributed by atoms with Gasteiger partial charge >= 0.3 is 25.7 Å². The molecule has 0 aliphatic heterocycles. The third kappa shape index (κ3) is 39.3. The number of rotatable bonds is 37. The second kappa shape index (κ2) is 39.6. The van der Waals surface area contributed by atoms with Crippen molar-refractivity contribution in [1.29, 1.82) is 0 Å². The van der Waals surface area contributed by atoms with E-state index in [2.05, 4.69) is 67.0 Å². The van der Waals surface area contributed by atoms with Crippen LogP contribution in [0.5, 0.6) is 0 Å². The van der Waals surface area contributed by atoms with Crippen LogP contribution in [0.1, 0.15) is 123 Å². The molecule has 0 bridgehead atoms. The maximum Gasteiger partial charge on any atom is 0.472 e. The van der Waals surface area contributed by atoms with E-state index in [4.69, 9.17) is 24.8 Å². The molecular formula is C46H72NO11P. The molecule has 0 radical (unpaired) electrons. The summed E-state index contributed by atoms with van der Waals surface area (Å²) in [6.07, 6.45) is 47.8. The topological polar surface area (TPSA) is 192 Å². The Morgan fingerprint density at radius 3 is 1.64 bits per heavy atom. The zero-order chi connectivity index (χ0) is 43.7. The molecule has 332 valence electrons. The Labute approximate surface area is 353 Å². The number of aliphatic hydroxyl groups is 1. The van der Waals surface area contributed by atoms with Crippen molar-refractivity contribution in [2.24, 2.45) is 5.73 Å². The van der Waals surface area contributed by atoms with Gasteiger partial charge in [0, 0.05) is 12.8 Å². The molecule has 4 atom stereocenters. The molecule has 0 fully saturated rings. The smallest absolute Gasteiger partial charge is 0.472 e. The lowest BCUT2D eigenvalue weighted by atomic mass is 10.1. The molecule has 0 aromatic heterocycles. The molecule has 0 amide bonds. The zero-order valence-corrected chi connectivity index (χ0v) is 36.3. The van der Waals surface area contributed by atoms with E-state index in [1.807, 2.05) is 54.7 Å². The Balaban J connectivity index is 4.65. The first-order valence-corrected chi connectivity index (χ1v) is 22.5. The van der Waals surface area contributed by atoms with E-state index >= 15 is 0 Å². The summed E-state index contributed by atoms with van der Waals surface area (Å²) in [5.41, 5.74) is 5.32. The Morgan fingerprint density at radius 1 is 0.627 bits per heavy atom. The molecule has 0 saturated carbocycles. The third-order valence-corrected chi connectivity index (χ3v) is 9.06. The first-order chi connectivity index (χ1) is 28.5. The minimum absolute atomic E-state index is 0.0459. The minimum atomic E-state index is -4.76. The minimum Gasteiger partial charge on any atom is -0.480 e. The molecule has 0 rings (SSSR count). The average Bonchev–Trinajstić information content (AvgIpc) is 3.20. The summed E-state index contributed by atoms with van der Waals surface area (Å²) < 4.78 is 32.5. The lowest BCUT2D eigenvalue weighted by Gasteiger charge is -2.20. The highest BCUT2D eigenvalue weighted by molar-refractivity contribution is 7.47. The fraction of sp³-hybridized carbons (Fsp3) is 0.543. The predicted molar refractivity (Wildman–Crippen MR) is 236 cm³/mol. The van der Waals surface area contributed by atoms with Gasteiger partial charge in [0.05, 0.1) is 19.3 Å². The van der Waals surface area contributed by atoms with Gasteiger partial charge in [0.15, 0.2) is 6.10 Å². The van der Waals surface area contributed by atoms with Crippen molar-refractivity contribution < 1.29 is 52.6 Å². The van der Waals surface area contributed by atoms with Gasteiger partial charge in [0.2, 0.25) is 0 Å². The first kappa shape index (κ1) is 55.1. The number of phosphoric acid groups is 1. The number of phosphoric ester groups is 1. The van der Waals surface area contributed by atoms with Gasteiger partial charge in [-0.15, -0.1) is 0 Å². The lowest BCUT2D eigenvalue weighted by molar-refractivity contribution is -0.161. The summed E-state index contributed by atoms with van der Waals surface area (Å²) >= 11 is 0. The summed E-state index contributed by atoms with van der Waals surface area (Å²) in [5, 5.41) is 18.8. The summed E-state index contributed by atoms with van der Waals surface area (Å²) in [4.78, 5) is 45.9. The third-order valence-electron chi connectivity index (χ3n) is 8.11. The molecule has 0 heterocycles. The van der Waals surface area contributed by atoms with Crippen LogP contribution in [0.3, 0.4) is 0 Å². The second-order valence-electron chi connectivity index (χ2n) is 13.6. The monoisotopic (exact) mass is 845 g/mol. The largest absolute Gasteiger partial charge is 0.480 e. The lowest BCUT2D eigenvalue weighted by Crippen LogP contribution is -2.34. The molecule has 0 aromatic carbocycles. The van der Waals surface area contributed by atoms with Crippen molar-refractivity contribution in [3.8, 4) is 0 Å². The van der Waals surface area contributed by atoms with Gasteiger partial charge < -0.3 is 30.3 Å². The number of unbranched alkanes of at least 4 members (excludes halogenated alkanes) is 4. The number of hydrogen-bond acceptors (Lipinski definition) is 10. The molecular weight excluding hydrogens is 773 g/mol. The highest BCUT2D eigenvalue weighted by atomic mass is 31.2. The molecule has 13 heteroatoms. The number of hydrogen-bond donors (Lipinski definition) is 4. The maximum atomic E-state index is 12.6. The fourth-order valence-electron chi connectivity index (χ4n) is 4.79. The number of nitrogens with two attached hydrogens (primary N) is 1. The van der Waals surface area contributed by atoms with Gasteiger partial charge in [0.25, 0.3) is 0 Å². The van der Waals surface area contributed by atoms with Gasteiger partial charge in [-0.2, -0.15) is 0 Å². The fourth-order valence-corrected chi connectivity index (χ4v) is 5.57. The summed E-state index contributed by atoms with van der Waals surface area (Å²) in [6, 6.07) is -1.55. The van der Waals surface area contributed by atoms with Crippen molar-refractivity contribution in [3.05, 3.63) is 109 Å². The number of carboxylic acid groups (broad SMARTS) is 1. The highest BCUT2D eigenvalue weighted by Crippen LogP contribution is 2.43. The molecule has 59 heavy (non-hydrogen) atoms. The average molecular weight is 846 g/mol. The van der Waals surface area contributed by atoms with Crippen LogP contribution < -0.4 is 5.73 Å². The Kier molecular flexibility index (Phi) is 36.9. The van der Waals surface area contributed by atoms with Crippen LogP contribution in [-0.2, 0) is 37.5 Å². The molecule has 1 unspecified atom stereocenters. The van der Waals surface area contributed by atoms with Crippen LogP contribution in [0.25, 0.3) is 0 Å². The molecule has 0 saturated heterocycles. The molecule has 12 nitrogen and oxygen atoms in total. The number of aliphatic hydroxyl groups excluding tert-OH is 1. The van der Waals surface area contributed by atoms with E-state index in [-0.39, 0.29) is 12.8 Å². The molecule has 5 N–H and O–H groups in total. The number of allylic oxidation sites excluding steroid dienone is 17. The molecule has 0 aromatic rings. The Morgan fingerprint density at radius 2 is 1.12 bits per heavy atom. The quantitative estimate of drug-likeness (QED) is 0.0152. The van der Waals surface area contributed by atoms with Gasteiger partial charge in [-0.25, -0.2) is 4.57 Å². The number of carbonyl (C=O) groups is 3. The van der Waals surface area contributed by atoms with Crippen molar-refractivity contribution in [2.45, 2.75) is 141 Å². The first-order valence-electron chi connectivity index (χ1n) is 21.0. The van der Waals surface area contributed by atoms with E-state index in [9.17, 15) is 28.9 Å². The van der Waals surface area contributed by atoms with E-state index in [1.165, 1.54) is 0 Å². The number of ether oxygens (including phenoxy) is 2. The summed E-state index contributed by atoms with van der Waals surface area (Å²) in [6.45, 7) is 2.41. The Bertz CT molecular complexity index is 1430. The Hall–Kier alpha value is -3.90. The number of aliphatic carboxylic acids is 1. The van der Waals surface area contributed by atoms with Crippen molar-refractivity contribution in [1.82, 2.24) is 0 Å². The summed E-state index contributed by atoms with van der Waals surface area (Å²) in [7, 11) is -4.76. The van der Waals surface area contributed by atoms with Crippen LogP contribution in [0.4, 0.5) is 0 Å². The maximum absolute atomic E-state index is 12.6. The van der Waals surface area contributed by atoms with E-state index in [0.717, 1.165) is 70.6 Å². The van der Waals surface area contributed by atoms with Crippen molar-refractivity contribution >= 4 is 25.7 Å². The molecule has 0 aliphatic carbocycles. The van der Waals surface area contributed by atoms with E-state index < -0.39 is 63.8 Å². The highest BCUT2D eigenvalue weighted by Gasteiger charge is 2.28. The summed E-state index contributed by atoms with van der Waals surface area (Å²) in [5.74, 6) is -2.58. The van der Waals surface area contributed by atoms with Crippen LogP contribution in [0.2, 0.25) is 0 Å². The number of carbonyl (C=O) groups excluding carboxylic acids is 2. The van der Waals surface area contributed by atoms with E-state index in [0.29, 0.717) is 25.7 Å². The van der Waals surface area contributed by atoms with Gasteiger partial charge in [-0.3, -0.25) is 23.4 Å². The van der Waals surface area contributed by atoms with Gasteiger partial charge in [0.1, 0.15) is 12.6 Å². The van der Waals surface area contributed by atoms with Crippen molar-refractivity contribution in [3.63, 3.8) is 0 Å². The van der Waals surface area contributed by atoms with Crippen LogP contribution in [0.15, 0.2) is 109 Å². The standard InChI is InChI=1S/C46H72NO11P/c1-3-5-7-8-9-10-11-12-13-14-15-16-19-22-25-28-32-36-44(49)55-38-42(39-56-59(53,54)57-40-43(47)46(51)52)58-45(50)37-33-29-26-23-20-17-18-21-24-27-31-35-41(48)34-30-6-4-2/h5,7,9-10,12-13,15-18,22-27,31,35,41-43,48H,3-4,6,8,11,14,19-21,28-30,32-34,36-40,47H2,1-2H3,(H,51,52)(H,53,54)/b7-5-,10-9-,13-12-,16-15-,18-17-,25-22-,26-23-,27-24-,35-31+/t41-,42+,43-/m0/s1. The second-order valence-corrected chi connectivity index (χ2v) is 15.0. The van der Waals surface area contributed by atoms with Crippen LogP contribution in [0, 0.1) is 0 Å². The van der Waals surface area contributed by atoms with E-state index in [1.54, 1.807) is 6.08 Å². The number of esters is 2. The normalized spacial score (nSPS) is 15.3. The molecule has 0 spiro atoms. The SMILES string of the molecule is CC/C=C\C/C=C\C/C=C\C/C=C\C/C=C\CCCC(=O)OC[C@H](COP(=O)(O)OC[C@H](N)C(=O)O)OC(=O)CCC/C=C\C/C=C\C/C=C\C=C\[C@@H](O)CCCCC. The van der Waals surface area contributed by atoms with Gasteiger partial charge in [-0.05, 0) is 77.0 Å².